The van der Waals surface area contributed by atoms with Crippen LogP contribution in [0.25, 0.3) is 6.08 Å². The third-order valence-corrected chi connectivity index (χ3v) is 5.89. The molecule has 0 bridgehead atoms. The second-order valence-electron chi connectivity index (χ2n) is 7.56. The Labute approximate surface area is 208 Å². The Morgan fingerprint density at radius 1 is 0.973 bits per heavy atom. The van der Waals surface area contributed by atoms with Crippen LogP contribution in [0.1, 0.15) is 21.5 Å². The molecule has 0 spiro atoms. The molecule has 2 aromatic rings. The quantitative estimate of drug-likeness (QED) is 0.350. The highest BCUT2D eigenvalue weighted by atomic mass is 79.9. The molecule has 202 valence electrons. The predicted molar refractivity (Wildman–Crippen MR) is 112 cm³/mol. The fraction of sp³-hybridized carbons (Fsp3) is 0.286. The van der Waals surface area contributed by atoms with E-state index in [1.807, 2.05) is 0 Å². The summed E-state index contributed by atoms with van der Waals surface area (Å²) in [6.45, 7) is -4.05. The first kappa shape index (κ1) is 28.5. The number of carbonyl (C=O) groups excluding carboxylic acids is 1. The zero-order valence-corrected chi connectivity index (χ0v) is 19.3. The first-order valence-corrected chi connectivity index (χ1v) is 10.5. The van der Waals surface area contributed by atoms with Crippen LogP contribution in [-0.4, -0.2) is 37.3 Å². The Hall–Kier alpha value is -3.04. The van der Waals surface area contributed by atoms with Crippen molar-refractivity contribution in [2.45, 2.75) is 30.6 Å². The molecular weight excluding hydrogens is 601 g/mol. The van der Waals surface area contributed by atoms with E-state index in [0.717, 1.165) is 4.90 Å². The van der Waals surface area contributed by atoms with Gasteiger partial charge in [-0.15, -0.1) is 0 Å². The van der Waals surface area contributed by atoms with Crippen LogP contribution in [0.2, 0.25) is 0 Å². The zero-order valence-electron chi connectivity index (χ0n) is 17.7. The summed E-state index contributed by atoms with van der Waals surface area (Å²) in [7, 11) is 0. The minimum atomic E-state index is -7.03. The number of ether oxygens (including phenoxy) is 1. The topological polar surface area (TPSA) is 55.6 Å². The molecule has 2 N–H and O–H groups in total. The maximum absolute atomic E-state index is 15.0. The lowest BCUT2D eigenvalue weighted by molar-refractivity contribution is -0.389. The molecule has 2 aromatic carbocycles. The molecule has 0 fully saturated rings. The Balaban J connectivity index is 2.33. The summed E-state index contributed by atoms with van der Waals surface area (Å²) >= 11 is 2.66. The predicted octanol–water partition coefficient (Wildman–Crippen LogP) is 7.24. The number of hydrogen-bond donors (Lipinski definition) is 1. The summed E-state index contributed by atoms with van der Waals surface area (Å²) in [5.74, 6) is -9.31. The van der Waals surface area contributed by atoms with Crippen LogP contribution >= 0.6 is 15.9 Å². The maximum Gasteiger partial charge on any atom is 0.457 e. The first-order valence-electron chi connectivity index (χ1n) is 9.70. The smallest absolute Gasteiger partial charge is 0.433 e. The number of benzene rings is 2. The highest BCUT2D eigenvalue weighted by Crippen LogP contribution is 2.59. The van der Waals surface area contributed by atoms with Crippen molar-refractivity contribution in [3.63, 3.8) is 0 Å². The lowest BCUT2D eigenvalue weighted by atomic mass is 9.87. The van der Waals surface area contributed by atoms with Gasteiger partial charge in [-0.3, -0.25) is 4.79 Å². The van der Waals surface area contributed by atoms with Crippen molar-refractivity contribution in [1.82, 2.24) is 0 Å². The summed E-state index contributed by atoms with van der Waals surface area (Å²) in [5, 5.41) is 0. The maximum atomic E-state index is 15.0. The minimum Gasteiger partial charge on any atom is -0.433 e. The minimum absolute atomic E-state index is 0.0449. The molecule has 37 heavy (non-hydrogen) atoms. The van der Waals surface area contributed by atoms with E-state index in [-0.39, 0.29) is 29.9 Å². The second kappa shape index (κ2) is 9.36. The molecule has 0 saturated carbocycles. The summed E-state index contributed by atoms with van der Waals surface area (Å²) < 4.78 is 152. The Morgan fingerprint density at radius 3 is 2.11 bits per heavy atom. The van der Waals surface area contributed by atoms with Gasteiger partial charge in [-0.1, -0.05) is 18.2 Å². The molecular formula is C21H12BrF11N2O2. The van der Waals surface area contributed by atoms with Crippen LogP contribution in [0.15, 0.2) is 40.9 Å². The van der Waals surface area contributed by atoms with Gasteiger partial charge in [-0.2, -0.15) is 43.9 Å². The average molecular weight is 613 g/mol. The first-order chi connectivity index (χ1) is 16.8. The normalized spacial score (nSPS) is 16.0. The van der Waals surface area contributed by atoms with Crippen LogP contribution in [0.3, 0.4) is 0 Å². The van der Waals surface area contributed by atoms with Crippen molar-refractivity contribution in [2.24, 2.45) is 5.73 Å². The second-order valence-corrected chi connectivity index (χ2v) is 8.42. The summed E-state index contributed by atoms with van der Waals surface area (Å²) in [4.78, 5) is 12.6. The van der Waals surface area contributed by atoms with E-state index in [1.54, 1.807) is 0 Å². The molecule has 0 aromatic heterocycles. The van der Waals surface area contributed by atoms with Gasteiger partial charge < -0.3 is 15.4 Å². The van der Waals surface area contributed by atoms with Crippen LogP contribution in [0.4, 0.5) is 59.7 Å². The summed E-state index contributed by atoms with van der Waals surface area (Å²) in [5.41, 5.74) is -3.82. The largest absolute Gasteiger partial charge is 0.457 e. The summed E-state index contributed by atoms with van der Waals surface area (Å²) in [6.07, 6.45) is -10.9. The van der Waals surface area contributed by atoms with E-state index < -0.39 is 57.9 Å². The van der Waals surface area contributed by atoms with E-state index in [2.05, 4.69) is 20.7 Å². The van der Waals surface area contributed by atoms with Gasteiger partial charge in [0.25, 0.3) is 0 Å². The number of anilines is 2. The third kappa shape index (κ3) is 4.82. The fourth-order valence-corrected chi connectivity index (χ4v) is 4.26. The lowest BCUT2D eigenvalue weighted by Gasteiger charge is -2.37. The molecule has 1 unspecified atom stereocenters. The van der Waals surface area contributed by atoms with Gasteiger partial charge >= 0.3 is 30.6 Å². The average Bonchev–Trinajstić information content (AvgIpc) is 2.75. The van der Waals surface area contributed by atoms with E-state index in [9.17, 15) is 48.7 Å². The van der Waals surface area contributed by atoms with Gasteiger partial charge in [0, 0.05) is 27.8 Å². The number of amides is 1. The lowest BCUT2D eigenvalue weighted by Crippen LogP contribution is -2.59. The molecule has 0 saturated heterocycles. The van der Waals surface area contributed by atoms with Crippen LogP contribution in [-0.2, 0) is 5.67 Å². The number of hydrogen-bond acceptors (Lipinski definition) is 3. The van der Waals surface area contributed by atoms with E-state index in [1.165, 1.54) is 30.4 Å². The number of alkyl halides is 11. The van der Waals surface area contributed by atoms with Crippen molar-refractivity contribution in [3.8, 4) is 5.75 Å². The Kier molecular flexibility index (Phi) is 7.22. The number of fused-ring (bicyclic) bond motifs is 1. The zero-order chi connectivity index (χ0) is 28.1. The molecule has 0 aliphatic carbocycles. The van der Waals surface area contributed by atoms with Gasteiger partial charge in [0.1, 0.15) is 0 Å². The fourth-order valence-electron chi connectivity index (χ4n) is 3.61. The number of halogens is 12. The molecule has 4 nitrogen and oxygen atoms in total. The molecule has 1 amide bonds. The molecule has 1 heterocycles. The van der Waals surface area contributed by atoms with E-state index >= 15 is 4.39 Å². The van der Waals surface area contributed by atoms with Gasteiger partial charge in [-0.05, 0) is 45.8 Å². The van der Waals surface area contributed by atoms with Crippen LogP contribution in [0, 0.1) is 0 Å². The SMILES string of the molecule is NC(=O)c1ccc2c(c1)N(c1c(Br)cc(C(F)(C(F)(F)F)C(F)(F)C(F)(F)F)cc1OC(F)F)CC=C2. The molecule has 1 aliphatic rings. The Morgan fingerprint density at radius 2 is 1.59 bits per heavy atom. The highest BCUT2D eigenvalue weighted by Gasteiger charge is 2.81. The van der Waals surface area contributed by atoms with Gasteiger partial charge in [0.2, 0.25) is 5.91 Å². The van der Waals surface area contributed by atoms with Crippen molar-refractivity contribution in [3.05, 3.63) is 57.6 Å². The highest BCUT2D eigenvalue weighted by molar-refractivity contribution is 9.10. The monoisotopic (exact) mass is 612 g/mol. The molecule has 16 heteroatoms. The van der Waals surface area contributed by atoms with Gasteiger partial charge in [0.15, 0.2) is 5.75 Å². The molecule has 0 radical (unpaired) electrons. The Bertz CT molecular complexity index is 1240. The van der Waals surface area contributed by atoms with E-state index in [4.69, 9.17) is 5.73 Å². The number of carbonyl (C=O) groups is 1. The van der Waals surface area contributed by atoms with Crippen molar-refractivity contribution in [1.29, 1.82) is 0 Å². The third-order valence-electron chi connectivity index (χ3n) is 5.28. The van der Waals surface area contributed by atoms with Crippen LogP contribution < -0.4 is 15.4 Å². The van der Waals surface area contributed by atoms with Crippen molar-refractivity contribution >= 4 is 39.3 Å². The number of rotatable bonds is 6. The molecule has 3 rings (SSSR count). The number of primary amides is 1. The van der Waals surface area contributed by atoms with Gasteiger partial charge in [-0.25, -0.2) is 4.39 Å². The van der Waals surface area contributed by atoms with Crippen molar-refractivity contribution in [2.75, 3.05) is 11.4 Å². The standard InChI is InChI=1S/C21H12BrF11N2O2/c22-12-7-11(18(25,20(28,29)30)19(26,27)21(31,32)33)8-14(37-17(23)24)15(12)35-5-1-2-9-3-4-10(16(34)36)6-13(9)35/h1-4,6-8,17H,5H2,(H2,34,36). The van der Waals surface area contributed by atoms with Crippen molar-refractivity contribution < 1.29 is 57.8 Å². The molecule has 1 atom stereocenters. The van der Waals surface area contributed by atoms with E-state index in [0.29, 0.717) is 5.56 Å². The number of nitrogens with two attached hydrogens (primary N) is 1. The summed E-state index contributed by atoms with van der Waals surface area (Å²) in [6, 6.07) is 3.48. The molecule has 1 aliphatic heterocycles. The number of nitrogens with zero attached hydrogens (tertiary/aromatic N) is 1. The van der Waals surface area contributed by atoms with Crippen LogP contribution in [0.5, 0.6) is 5.75 Å². The van der Waals surface area contributed by atoms with Gasteiger partial charge in [0.05, 0.1) is 5.69 Å².